The van der Waals surface area contributed by atoms with E-state index in [-0.39, 0.29) is 5.97 Å². The molecule has 0 bridgehead atoms. The third kappa shape index (κ3) is 4.52. The lowest BCUT2D eigenvalue weighted by molar-refractivity contribution is -0.143. The van der Waals surface area contributed by atoms with Crippen molar-refractivity contribution in [2.75, 3.05) is 20.2 Å². The maximum Gasteiger partial charge on any atom is 0.307 e. The number of carbonyl (C=O) groups excluding carboxylic acids is 1. The topological polar surface area (TPSA) is 29.5 Å². The molecule has 0 heterocycles. The van der Waals surface area contributed by atoms with Crippen LogP contribution in [0.2, 0.25) is 0 Å². The minimum absolute atomic E-state index is 0.0708. The Kier molecular flexibility index (Phi) is 5.81. The molecule has 0 atom stereocenters. The van der Waals surface area contributed by atoms with Gasteiger partial charge in [-0.3, -0.25) is 4.79 Å². The molecule has 3 heteroatoms. The summed E-state index contributed by atoms with van der Waals surface area (Å²) in [6.45, 7) is 5.50. The average molecular weight is 227 g/mol. The molecule has 0 aliphatic heterocycles. The minimum Gasteiger partial charge on any atom is -0.466 e. The largest absolute Gasteiger partial charge is 0.466 e. The van der Waals surface area contributed by atoms with Gasteiger partial charge in [0.1, 0.15) is 0 Å². The van der Waals surface area contributed by atoms with E-state index in [2.05, 4.69) is 18.9 Å². The first-order valence-corrected chi connectivity index (χ1v) is 6.49. The van der Waals surface area contributed by atoms with Crippen molar-refractivity contribution < 1.29 is 9.53 Å². The Balaban J connectivity index is 2.19. The standard InChI is InChI=1S/C13H25NO2/c1-4-16-13(15)9-10-14(3)12-7-5-11(2)6-8-12/h11-12H,4-10H2,1-3H3. The number of rotatable bonds is 5. The zero-order chi connectivity index (χ0) is 12.0. The molecule has 1 aliphatic carbocycles. The van der Waals surface area contributed by atoms with Gasteiger partial charge in [-0.25, -0.2) is 0 Å². The Labute approximate surface area is 99.1 Å². The summed E-state index contributed by atoms with van der Waals surface area (Å²) in [4.78, 5) is 13.6. The van der Waals surface area contributed by atoms with E-state index in [4.69, 9.17) is 4.74 Å². The van der Waals surface area contributed by atoms with Gasteiger partial charge in [-0.15, -0.1) is 0 Å². The van der Waals surface area contributed by atoms with E-state index in [1.54, 1.807) is 0 Å². The van der Waals surface area contributed by atoms with E-state index in [9.17, 15) is 4.79 Å². The van der Waals surface area contributed by atoms with Crippen molar-refractivity contribution >= 4 is 5.97 Å². The molecule has 0 radical (unpaired) electrons. The average Bonchev–Trinajstić information content (AvgIpc) is 2.27. The van der Waals surface area contributed by atoms with Gasteiger partial charge >= 0.3 is 5.97 Å². The van der Waals surface area contributed by atoms with Crippen LogP contribution in [0.15, 0.2) is 0 Å². The van der Waals surface area contributed by atoms with Crippen LogP contribution in [0.4, 0.5) is 0 Å². The summed E-state index contributed by atoms with van der Waals surface area (Å²) < 4.78 is 4.93. The van der Waals surface area contributed by atoms with E-state index in [1.807, 2.05) is 6.92 Å². The van der Waals surface area contributed by atoms with Gasteiger partial charge in [0.15, 0.2) is 0 Å². The molecule has 0 saturated heterocycles. The fraction of sp³-hybridized carbons (Fsp3) is 0.923. The van der Waals surface area contributed by atoms with E-state index in [0.29, 0.717) is 19.1 Å². The van der Waals surface area contributed by atoms with Crippen LogP contribution in [-0.2, 0) is 9.53 Å². The molecule has 0 amide bonds. The molecule has 1 fully saturated rings. The van der Waals surface area contributed by atoms with E-state index in [0.717, 1.165) is 12.5 Å². The van der Waals surface area contributed by atoms with E-state index >= 15 is 0 Å². The van der Waals surface area contributed by atoms with Crippen molar-refractivity contribution in [2.45, 2.75) is 52.0 Å². The van der Waals surface area contributed by atoms with E-state index < -0.39 is 0 Å². The smallest absolute Gasteiger partial charge is 0.307 e. The second-order valence-corrected chi connectivity index (χ2v) is 4.95. The first-order valence-electron chi connectivity index (χ1n) is 6.49. The number of carbonyl (C=O) groups is 1. The van der Waals surface area contributed by atoms with Gasteiger partial charge in [-0.1, -0.05) is 6.92 Å². The van der Waals surface area contributed by atoms with Crippen LogP contribution in [0.3, 0.4) is 0 Å². The quantitative estimate of drug-likeness (QED) is 0.676. The predicted molar refractivity (Wildman–Crippen MR) is 65.3 cm³/mol. The molecule has 0 aromatic carbocycles. The zero-order valence-corrected chi connectivity index (χ0v) is 10.9. The highest BCUT2D eigenvalue weighted by atomic mass is 16.5. The number of ether oxygens (including phenoxy) is 1. The molecule has 94 valence electrons. The summed E-state index contributed by atoms with van der Waals surface area (Å²) in [6.07, 6.45) is 5.74. The molecule has 0 aromatic heterocycles. The lowest BCUT2D eigenvalue weighted by Gasteiger charge is -2.33. The summed E-state index contributed by atoms with van der Waals surface area (Å²) in [5.41, 5.74) is 0. The number of hydrogen-bond donors (Lipinski definition) is 0. The van der Waals surface area contributed by atoms with Crippen molar-refractivity contribution in [3.63, 3.8) is 0 Å². The van der Waals surface area contributed by atoms with Crippen LogP contribution >= 0.6 is 0 Å². The first-order chi connectivity index (χ1) is 7.63. The summed E-state index contributed by atoms with van der Waals surface area (Å²) in [6, 6.07) is 0.672. The number of nitrogens with zero attached hydrogens (tertiary/aromatic N) is 1. The third-order valence-corrected chi connectivity index (χ3v) is 3.58. The summed E-state index contributed by atoms with van der Waals surface area (Å²) >= 11 is 0. The van der Waals surface area contributed by atoms with Gasteiger partial charge in [0, 0.05) is 12.6 Å². The lowest BCUT2D eigenvalue weighted by Crippen LogP contribution is -2.36. The molecule has 1 saturated carbocycles. The lowest BCUT2D eigenvalue weighted by atomic mass is 9.87. The zero-order valence-electron chi connectivity index (χ0n) is 10.9. The highest BCUT2D eigenvalue weighted by Crippen LogP contribution is 2.26. The predicted octanol–water partition coefficient (Wildman–Crippen LogP) is 2.45. The summed E-state index contributed by atoms with van der Waals surface area (Å²) in [5.74, 6) is 0.813. The number of hydrogen-bond acceptors (Lipinski definition) is 3. The summed E-state index contributed by atoms with van der Waals surface area (Å²) in [5, 5.41) is 0. The fourth-order valence-corrected chi connectivity index (χ4v) is 2.37. The molecule has 1 rings (SSSR count). The SMILES string of the molecule is CCOC(=O)CCN(C)C1CCC(C)CC1. The Morgan fingerprint density at radius 2 is 1.94 bits per heavy atom. The number of esters is 1. The molecule has 16 heavy (non-hydrogen) atoms. The third-order valence-electron chi connectivity index (χ3n) is 3.58. The van der Waals surface area contributed by atoms with Gasteiger partial charge < -0.3 is 9.64 Å². The monoisotopic (exact) mass is 227 g/mol. The molecule has 0 N–H and O–H groups in total. The van der Waals surface area contributed by atoms with Crippen LogP contribution in [0.25, 0.3) is 0 Å². The Morgan fingerprint density at radius 1 is 1.31 bits per heavy atom. The molecular formula is C13H25NO2. The molecule has 0 spiro atoms. The second kappa shape index (κ2) is 6.89. The normalized spacial score (nSPS) is 25.8. The Hall–Kier alpha value is -0.570. The highest BCUT2D eigenvalue weighted by molar-refractivity contribution is 5.69. The Bertz CT molecular complexity index is 210. The Morgan fingerprint density at radius 3 is 2.50 bits per heavy atom. The highest BCUT2D eigenvalue weighted by Gasteiger charge is 2.21. The molecular weight excluding hydrogens is 202 g/mol. The molecule has 0 aromatic rings. The first kappa shape index (κ1) is 13.5. The van der Waals surface area contributed by atoms with Crippen molar-refractivity contribution in [3.8, 4) is 0 Å². The van der Waals surface area contributed by atoms with Gasteiger partial charge in [-0.2, -0.15) is 0 Å². The van der Waals surface area contributed by atoms with Gasteiger partial charge in [0.2, 0.25) is 0 Å². The van der Waals surface area contributed by atoms with E-state index in [1.165, 1.54) is 25.7 Å². The van der Waals surface area contributed by atoms with Crippen molar-refractivity contribution in [1.29, 1.82) is 0 Å². The van der Waals surface area contributed by atoms with Crippen LogP contribution in [0.1, 0.15) is 46.0 Å². The van der Waals surface area contributed by atoms with Crippen molar-refractivity contribution in [2.24, 2.45) is 5.92 Å². The van der Waals surface area contributed by atoms with Crippen LogP contribution in [0, 0.1) is 5.92 Å². The maximum atomic E-state index is 11.2. The van der Waals surface area contributed by atoms with Crippen LogP contribution in [-0.4, -0.2) is 37.1 Å². The molecule has 1 aliphatic rings. The molecule has 3 nitrogen and oxygen atoms in total. The van der Waals surface area contributed by atoms with Gasteiger partial charge in [-0.05, 0) is 45.6 Å². The second-order valence-electron chi connectivity index (χ2n) is 4.95. The maximum absolute atomic E-state index is 11.2. The van der Waals surface area contributed by atoms with Crippen molar-refractivity contribution in [1.82, 2.24) is 4.90 Å². The van der Waals surface area contributed by atoms with Crippen LogP contribution < -0.4 is 0 Å². The van der Waals surface area contributed by atoms with Gasteiger partial charge in [0.05, 0.1) is 13.0 Å². The fourth-order valence-electron chi connectivity index (χ4n) is 2.37. The summed E-state index contributed by atoms with van der Waals surface area (Å²) in [7, 11) is 2.12. The van der Waals surface area contributed by atoms with Crippen molar-refractivity contribution in [3.05, 3.63) is 0 Å². The van der Waals surface area contributed by atoms with Gasteiger partial charge in [0.25, 0.3) is 0 Å². The molecule has 0 unspecified atom stereocenters. The van der Waals surface area contributed by atoms with Crippen LogP contribution in [0.5, 0.6) is 0 Å². The minimum atomic E-state index is -0.0708.